The highest BCUT2D eigenvalue weighted by atomic mass is 35.5. The lowest BCUT2D eigenvalue weighted by Gasteiger charge is -2.36. The zero-order valence-corrected chi connectivity index (χ0v) is 17.0. The molecule has 1 amide bonds. The van der Waals surface area contributed by atoms with Crippen molar-refractivity contribution < 1.29 is 4.79 Å². The van der Waals surface area contributed by atoms with Gasteiger partial charge in [0.15, 0.2) is 0 Å². The molecule has 0 aliphatic carbocycles. The number of amides is 1. The van der Waals surface area contributed by atoms with Crippen molar-refractivity contribution in [3.63, 3.8) is 0 Å². The van der Waals surface area contributed by atoms with Crippen LogP contribution < -0.4 is 10.5 Å². The molecular weight excluding hydrogens is 411 g/mol. The van der Waals surface area contributed by atoms with Crippen molar-refractivity contribution >= 4 is 34.8 Å². The summed E-state index contributed by atoms with van der Waals surface area (Å²) in [7, 11) is 0. The normalized spacial score (nSPS) is 14.1. The van der Waals surface area contributed by atoms with Crippen molar-refractivity contribution in [3.8, 4) is 5.69 Å². The molecule has 2 heterocycles. The van der Waals surface area contributed by atoms with Gasteiger partial charge in [-0.3, -0.25) is 9.59 Å². The number of anilines is 1. The number of carbonyl (C=O) groups excluding carboxylic acids is 1. The average molecular weight is 429 g/mol. The third-order valence-corrected chi connectivity index (χ3v) is 5.47. The van der Waals surface area contributed by atoms with Crippen LogP contribution in [0.5, 0.6) is 0 Å². The smallest absolute Gasteiger partial charge is 0.292 e. The van der Waals surface area contributed by atoms with Crippen LogP contribution in [0.25, 0.3) is 5.69 Å². The molecule has 2 aromatic carbocycles. The van der Waals surface area contributed by atoms with E-state index in [1.807, 2.05) is 23.1 Å². The van der Waals surface area contributed by atoms with E-state index in [0.717, 1.165) is 0 Å². The molecule has 8 heteroatoms. The minimum absolute atomic E-state index is 0.0594. The van der Waals surface area contributed by atoms with Gasteiger partial charge in [0, 0.05) is 36.8 Å². The number of carbonyl (C=O) groups is 1. The Kier molecular flexibility index (Phi) is 5.56. The summed E-state index contributed by atoms with van der Waals surface area (Å²) in [6, 6.07) is 16.1. The molecule has 1 aliphatic heterocycles. The Morgan fingerprint density at radius 3 is 2.34 bits per heavy atom. The van der Waals surface area contributed by atoms with Crippen LogP contribution in [0.4, 0.5) is 5.69 Å². The second-order valence-corrected chi connectivity index (χ2v) is 7.50. The molecule has 6 nitrogen and oxygen atoms in total. The molecule has 0 unspecified atom stereocenters. The summed E-state index contributed by atoms with van der Waals surface area (Å²) in [6.45, 7) is 2.15. The van der Waals surface area contributed by atoms with Crippen LogP contribution in [0.3, 0.4) is 0 Å². The van der Waals surface area contributed by atoms with Crippen molar-refractivity contribution in [2.24, 2.45) is 0 Å². The van der Waals surface area contributed by atoms with Gasteiger partial charge in [-0.1, -0.05) is 47.5 Å². The molecule has 4 rings (SSSR count). The predicted octanol–water partition coefficient (Wildman–Crippen LogP) is 3.50. The molecule has 0 spiro atoms. The van der Waals surface area contributed by atoms with Gasteiger partial charge in [-0.2, -0.15) is 9.78 Å². The van der Waals surface area contributed by atoms with Gasteiger partial charge in [0.25, 0.3) is 11.5 Å². The Balaban J connectivity index is 1.50. The topological polar surface area (TPSA) is 58.4 Å². The minimum atomic E-state index is -0.368. The Morgan fingerprint density at radius 2 is 1.66 bits per heavy atom. The molecule has 148 valence electrons. The van der Waals surface area contributed by atoms with Crippen molar-refractivity contribution in [3.05, 3.63) is 86.8 Å². The van der Waals surface area contributed by atoms with Crippen LogP contribution in [0.1, 0.15) is 10.4 Å². The molecule has 0 bridgehead atoms. The lowest BCUT2D eigenvalue weighted by atomic mass is 10.2. The second-order valence-electron chi connectivity index (χ2n) is 6.69. The van der Waals surface area contributed by atoms with Crippen molar-refractivity contribution in [2.45, 2.75) is 0 Å². The first-order valence-corrected chi connectivity index (χ1v) is 9.93. The Labute approximate surface area is 177 Å². The summed E-state index contributed by atoms with van der Waals surface area (Å²) in [5.41, 5.74) is 1.44. The quantitative estimate of drug-likeness (QED) is 0.640. The van der Waals surface area contributed by atoms with E-state index in [-0.39, 0.29) is 16.5 Å². The highest BCUT2D eigenvalue weighted by Crippen LogP contribution is 2.23. The molecule has 1 aromatic heterocycles. The first-order chi connectivity index (χ1) is 14.0. The molecule has 0 radical (unpaired) electrons. The Hall–Kier alpha value is -2.83. The molecule has 0 atom stereocenters. The number of hydrogen-bond donors (Lipinski definition) is 0. The third-order valence-electron chi connectivity index (χ3n) is 4.88. The molecule has 0 N–H and O–H groups in total. The second kappa shape index (κ2) is 8.27. The van der Waals surface area contributed by atoms with E-state index in [1.54, 1.807) is 47.5 Å². The molecule has 3 aromatic rings. The summed E-state index contributed by atoms with van der Waals surface area (Å²) < 4.78 is 1.28. The van der Waals surface area contributed by atoms with Gasteiger partial charge in [0.1, 0.15) is 5.02 Å². The summed E-state index contributed by atoms with van der Waals surface area (Å²) in [5.74, 6) is -0.0594. The van der Waals surface area contributed by atoms with Crippen molar-refractivity contribution in [1.29, 1.82) is 0 Å². The minimum Gasteiger partial charge on any atom is -0.365 e. The van der Waals surface area contributed by atoms with Gasteiger partial charge in [-0.15, -0.1) is 0 Å². The first kappa shape index (κ1) is 19.5. The maximum Gasteiger partial charge on any atom is 0.292 e. The predicted molar refractivity (Wildman–Crippen MR) is 114 cm³/mol. The van der Waals surface area contributed by atoms with E-state index >= 15 is 0 Å². The fraction of sp³-hybridized carbons (Fsp3) is 0.190. The monoisotopic (exact) mass is 428 g/mol. The number of halogens is 2. The van der Waals surface area contributed by atoms with Crippen LogP contribution >= 0.6 is 23.2 Å². The van der Waals surface area contributed by atoms with Gasteiger partial charge in [0.05, 0.1) is 17.6 Å². The van der Waals surface area contributed by atoms with E-state index in [0.29, 0.717) is 48.1 Å². The van der Waals surface area contributed by atoms with Gasteiger partial charge in [-0.05, 0) is 30.3 Å². The number of piperazine rings is 1. The lowest BCUT2D eigenvalue weighted by molar-refractivity contribution is 0.0747. The van der Waals surface area contributed by atoms with Gasteiger partial charge in [-0.25, -0.2) is 0 Å². The number of hydrogen-bond acceptors (Lipinski definition) is 4. The Bertz CT molecular complexity index is 1090. The highest BCUT2D eigenvalue weighted by Gasteiger charge is 2.25. The maximum atomic E-state index is 12.7. The maximum absolute atomic E-state index is 12.7. The van der Waals surface area contributed by atoms with Crippen LogP contribution in [-0.4, -0.2) is 46.8 Å². The molecular formula is C21H18Cl2N4O2. The van der Waals surface area contributed by atoms with Gasteiger partial charge < -0.3 is 9.80 Å². The van der Waals surface area contributed by atoms with E-state index in [9.17, 15) is 9.59 Å². The summed E-state index contributed by atoms with van der Waals surface area (Å²) in [4.78, 5) is 29.1. The SMILES string of the molecule is O=C(c1cccc(Cl)c1)N1CCN(c2cnn(-c3ccccc3)c(=O)c2Cl)CC1. The van der Waals surface area contributed by atoms with Crippen LogP contribution in [0.15, 0.2) is 65.6 Å². The van der Waals surface area contributed by atoms with E-state index in [1.165, 1.54) is 4.68 Å². The van der Waals surface area contributed by atoms with Crippen molar-refractivity contribution in [1.82, 2.24) is 14.7 Å². The molecule has 0 saturated carbocycles. The fourth-order valence-electron chi connectivity index (χ4n) is 3.35. The van der Waals surface area contributed by atoms with Crippen LogP contribution in [0, 0.1) is 0 Å². The molecule has 29 heavy (non-hydrogen) atoms. The molecule has 1 aliphatic rings. The number of aromatic nitrogens is 2. The molecule has 1 saturated heterocycles. The molecule has 1 fully saturated rings. The van der Waals surface area contributed by atoms with Gasteiger partial charge in [0.2, 0.25) is 0 Å². The van der Waals surface area contributed by atoms with E-state index in [2.05, 4.69) is 5.10 Å². The largest absolute Gasteiger partial charge is 0.365 e. The van der Waals surface area contributed by atoms with E-state index < -0.39 is 0 Å². The van der Waals surface area contributed by atoms with E-state index in [4.69, 9.17) is 23.2 Å². The van der Waals surface area contributed by atoms with Crippen molar-refractivity contribution in [2.75, 3.05) is 31.1 Å². The number of rotatable bonds is 3. The fourth-order valence-corrected chi connectivity index (χ4v) is 3.79. The standard InChI is InChI=1S/C21H18Cl2N4O2/c22-16-6-4-5-15(13-16)20(28)26-11-9-25(10-12-26)18-14-24-27(21(29)19(18)23)17-7-2-1-3-8-17/h1-8,13-14H,9-12H2. The summed E-state index contributed by atoms with van der Waals surface area (Å²) in [6.07, 6.45) is 1.60. The zero-order valence-electron chi connectivity index (χ0n) is 15.5. The number of para-hydroxylation sites is 1. The lowest BCUT2D eigenvalue weighted by Crippen LogP contribution is -2.49. The Morgan fingerprint density at radius 1 is 0.931 bits per heavy atom. The number of nitrogens with zero attached hydrogens (tertiary/aromatic N) is 4. The first-order valence-electron chi connectivity index (χ1n) is 9.17. The summed E-state index contributed by atoms with van der Waals surface area (Å²) in [5, 5.41) is 4.94. The van der Waals surface area contributed by atoms with Crippen LogP contribution in [-0.2, 0) is 0 Å². The average Bonchev–Trinajstić information content (AvgIpc) is 2.76. The van der Waals surface area contributed by atoms with Crippen LogP contribution in [0.2, 0.25) is 10.0 Å². The zero-order chi connectivity index (χ0) is 20.4. The van der Waals surface area contributed by atoms with Gasteiger partial charge >= 0.3 is 0 Å². The highest BCUT2D eigenvalue weighted by molar-refractivity contribution is 6.33. The third kappa shape index (κ3) is 3.99. The number of benzene rings is 2. The summed E-state index contributed by atoms with van der Waals surface area (Å²) >= 11 is 12.4.